The van der Waals surface area contributed by atoms with Crippen LogP contribution in [0.4, 0.5) is 0 Å². The molecule has 3 aromatic carbocycles. The van der Waals surface area contributed by atoms with Crippen molar-refractivity contribution in [2.75, 3.05) is 0 Å². The minimum absolute atomic E-state index is 0. The third-order valence-corrected chi connectivity index (χ3v) is 8.44. The molecule has 0 nitrogen and oxygen atoms in total. The van der Waals surface area contributed by atoms with Crippen molar-refractivity contribution in [1.82, 2.24) is 0 Å². The quantitative estimate of drug-likeness (QED) is 0.211. The van der Waals surface area contributed by atoms with Crippen molar-refractivity contribution in [3.05, 3.63) is 83.5 Å². The molecule has 0 aliphatic carbocycles. The van der Waals surface area contributed by atoms with E-state index in [1.54, 1.807) is 0 Å². The molecule has 0 N–H and O–H groups in total. The first-order chi connectivity index (χ1) is 13.7. The summed E-state index contributed by atoms with van der Waals surface area (Å²) in [6, 6.07) is 0. The molecule has 1 heteroatoms. The third kappa shape index (κ3) is 5.93. The van der Waals surface area contributed by atoms with E-state index in [-0.39, 0.29) is 19.5 Å². The standard InChI is InChI=1S/3C10H15.Ru/c3*1-6-7(2)9(4)10(5)8(6)3;/h3*1-5H3;/q3*-1;+3. The molecule has 0 saturated carbocycles. The van der Waals surface area contributed by atoms with Crippen LogP contribution in [0.1, 0.15) is 83.5 Å². The van der Waals surface area contributed by atoms with Crippen LogP contribution in [0.25, 0.3) is 0 Å². The Morgan fingerprint density at radius 1 is 0.290 bits per heavy atom. The van der Waals surface area contributed by atoms with Gasteiger partial charge in [0.25, 0.3) is 0 Å². The zero-order valence-corrected chi connectivity index (χ0v) is 24.6. The average molecular weight is 507 g/mol. The second kappa shape index (κ2) is 11.5. The van der Waals surface area contributed by atoms with Crippen molar-refractivity contribution in [3.63, 3.8) is 0 Å². The van der Waals surface area contributed by atoms with E-state index in [4.69, 9.17) is 0 Å². The van der Waals surface area contributed by atoms with Gasteiger partial charge >= 0.3 is 19.5 Å². The Hall–Kier alpha value is -1.33. The number of rotatable bonds is 0. The summed E-state index contributed by atoms with van der Waals surface area (Å²) in [5, 5.41) is 0. The Balaban J connectivity index is 0.000000429. The molecule has 3 rings (SSSR count). The SMILES string of the molecule is Cc1c(C)c(C)[c-](C)c1C.Cc1c(C)c(C)[c-](C)c1C.Cc1c(C)c(C)[c-](C)c1C.[Ru+3]. The fourth-order valence-electron chi connectivity index (χ4n) is 4.22. The van der Waals surface area contributed by atoms with Gasteiger partial charge < -0.3 is 0 Å². The molecule has 0 aliphatic rings. The second-order valence-corrected chi connectivity index (χ2v) is 9.38. The monoisotopic (exact) mass is 507 g/mol. The Labute approximate surface area is 206 Å². The minimum atomic E-state index is 0. The molecular formula is C30H45Ru. The van der Waals surface area contributed by atoms with E-state index in [1.807, 2.05) is 0 Å². The van der Waals surface area contributed by atoms with Gasteiger partial charge in [-0.15, -0.1) is 0 Å². The molecule has 0 aromatic heterocycles. The van der Waals surface area contributed by atoms with Crippen LogP contribution in [-0.2, 0) is 19.5 Å². The van der Waals surface area contributed by atoms with Crippen molar-refractivity contribution >= 4 is 0 Å². The van der Waals surface area contributed by atoms with Crippen LogP contribution >= 0.6 is 0 Å². The summed E-state index contributed by atoms with van der Waals surface area (Å²) in [5.74, 6) is 0. The van der Waals surface area contributed by atoms with E-state index >= 15 is 0 Å². The Bertz CT molecular complexity index is 654. The average Bonchev–Trinajstić information content (AvgIpc) is 3.09. The topological polar surface area (TPSA) is 0 Å². The molecule has 0 bridgehead atoms. The number of hydrogen-bond acceptors (Lipinski definition) is 0. The smallest absolute Gasteiger partial charge is 0.196 e. The van der Waals surface area contributed by atoms with Crippen LogP contribution in [-0.4, -0.2) is 0 Å². The van der Waals surface area contributed by atoms with Crippen molar-refractivity contribution in [1.29, 1.82) is 0 Å². The molecule has 0 unspecified atom stereocenters. The van der Waals surface area contributed by atoms with Gasteiger partial charge in [-0.05, 0) is 0 Å². The third-order valence-electron chi connectivity index (χ3n) is 8.44. The molecular weight excluding hydrogens is 461 g/mol. The van der Waals surface area contributed by atoms with Crippen LogP contribution in [0.2, 0.25) is 0 Å². The van der Waals surface area contributed by atoms with Crippen LogP contribution in [0.15, 0.2) is 0 Å². The molecule has 0 fully saturated rings. The van der Waals surface area contributed by atoms with E-state index in [9.17, 15) is 0 Å². The van der Waals surface area contributed by atoms with Gasteiger partial charge in [-0.1, -0.05) is 104 Å². The maximum Gasteiger partial charge on any atom is 3.00 e. The van der Waals surface area contributed by atoms with Gasteiger partial charge in [-0.2, -0.15) is 83.5 Å². The summed E-state index contributed by atoms with van der Waals surface area (Å²) >= 11 is 0. The van der Waals surface area contributed by atoms with Crippen LogP contribution < -0.4 is 0 Å². The maximum atomic E-state index is 2.20. The van der Waals surface area contributed by atoms with E-state index in [2.05, 4.69) is 104 Å². The first-order valence-corrected chi connectivity index (χ1v) is 11.2. The van der Waals surface area contributed by atoms with Gasteiger partial charge in [-0.25, -0.2) is 0 Å². The molecule has 0 spiro atoms. The zero-order valence-electron chi connectivity index (χ0n) is 22.9. The largest absolute Gasteiger partial charge is 3.00 e. The predicted molar refractivity (Wildman–Crippen MR) is 137 cm³/mol. The molecule has 0 aliphatic heterocycles. The molecule has 1 radical (unpaired) electrons. The molecule has 0 heterocycles. The summed E-state index contributed by atoms with van der Waals surface area (Å²) in [5.41, 5.74) is 22.0. The van der Waals surface area contributed by atoms with Crippen LogP contribution in [0.5, 0.6) is 0 Å². The normalized spacial score (nSPS) is 10.2. The van der Waals surface area contributed by atoms with Gasteiger partial charge in [-0.3, -0.25) is 0 Å². The summed E-state index contributed by atoms with van der Waals surface area (Å²) in [7, 11) is 0. The van der Waals surface area contributed by atoms with E-state index in [0.717, 1.165) is 0 Å². The molecule has 0 atom stereocenters. The van der Waals surface area contributed by atoms with Crippen molar-refractivity contribution in [2.24, 2.45) is 0 Å². The minimum Gasteiger partial charge on any atom is -0.196 e. The Kier molecular flexibility index (Phi) is 11.0. The fourth-order valence-corrected chi connectivity index (χ4v) is 4.22. The van der Waals surface area contributed by atoms with Gasteiger partial charge in [0, 0.05) is 0 Å². The first-order valence-electron chi connectivity index (χ1n) is 11.2. The maximum absolute atomic E-state index is 2.20. The van der Waals surface area contributed by atoms with Gasteiger partial charge in [0.15, 0.2) is 0 Å². The summed E-state index contributed by atoms with van der Waals surface area (Å²) < 4.78 is 0. The summed E-state index contributed by atoms with van der Waals surface area (Å²) in [6.07, 6.45) is 0. The fraction of sp³-hybridized carbons (Fsp3) is 0.500. The predicted octanol–water partition coefficient (Wildman–Crippen LogP) is 8.84. The summed E-state index contributed by atoms with van der Waals surface area (Å²) in [6.45, 7) is 33.0. The number of hydrogen-bond donors (Lipinski definition) is 0. The Morgan fingerprint density at radius 3 is 0.419 bits per heavy atom. The van der Waals surface area contributed by atoms with Gasteiger partial charge in [0.1, 0.15) is 0 Å². The van der Waals surface area contributed by atoms with Gasteiger partial charge in [0.05, 0.1) is 0 Å². The van der Waals surface area contributed by atoms with E-state index in [0.29, 0.717) is 0 Å². The molecule has 3 aromatic rings. The van der Waals surface area contributed by atoms with Gasteiger partial charge in [0.2, 0.25) is 0 Å². The molecule has 0 saturated heterocycles. The summed E-state index contributed by atoms with van der Waals surface area (Å²) in [4.78, 5) is 0. The second-order valence-electron chi connectivity index (χ2n) is 9.38. The zero-order chi connectivity index (χ0) is 23.7. The van der Waals surface area contributed by atoms with Crippen LogP contribution in [0.3, 0.4) is 0 Å². The van der Waals surface area contributed by atoms with Crippen molar-refractivity contribution in [2.45, 2.75) is 104 Å². The van der Waals surface area contributed by atoms with E-state index in [1.165, 1.54) is 83.5 Å². The molecule has 0 amide bonds. The molecule has 173 valence electrons. The molecule has 31 heavy (non-hydrogen) atoms. The first kappa shape index (κ1) is 29.7. The van der Waals surface area contributed by atoms with E-state index < -0.39 is 0 Å². The van der Waals surface area contributed by atoms with Crippen molar-refractivity contribution in [3.8, 4) is 0 Å². The van der Waals surface area contributed by atoms with Crippen molar-refractivity contribution < 1.29 is 19.5 Å². The Morgan fingerprint density at radius 2 is 0.387 bits per heavy atom. The van der Waals surface area contributed by atoms with Crippen LogP contribution in [0, 0.1) is 104 Å².